The highest BCUT2D eigenvalue weighted by molar-refractivity contribution is 5.78. The van der Waals surface area contributed by atoms with Crippen LogP contribution in [0.2, 0.25) is 0 Å². The fraction of sp³-hybridized carbons (Fsp3) is 0.923. The maximum atomic E-state index is 12.2. The summed E-state index contributed by atoms with van der Waals surface area (Å²) in [5, 5.41) is 0. The molecule has 2 saturated carbocycles. The fourth-order valence-electron chi connectivity index (χ4n) is 3.60. The van der Waals surface area contributed by atoms with Crippen LogP contribution in [-0.4, -0.2) is 12.1 Å². The molecule has 0 aliphatic heterocycles. The summed E-state index contributed by atoms with van der Waals surface area (Å²) in [6, 6.07) is 0. The van der Waals surface area contributed by atoms with Crippen molar-refractivity contribution in [3.8, 4) is 0 Å². The van der Waals surface area contributed by atoms with Crippen LogP contribution in [0.25, 0.3) is 0 Å². The zero-order valence-corrected chi connectivity index (χ0v) is 10.1. The first-order chi connectivity index (χ1) is 7.08. The number of hydrogen-bond donors (Lipinski definition) is 0. The predicted octanol–water partition coefficient (Wildman–Crippen LogP) is 3.15. The Balaban J connectivity index is 2.12. The van der Waals surface area contributed by atoms with Gasteiger partial charge in [-0.15, -0.1) is 0 Å². The molecule has 15 heavy (non-hydrogen) atoms. The SMILES string of the molecule is CCC1(C(=O)OC(C)C)CC2CCC1C2. The van der Waals surface area contributed by atoms with Gasteiger partial charge in [0, 0.05) is 0 Å². The van der Waals surface area contributed by atoms with Gasteiger partial charge in [0.25, 0.3) is 0 Å². The van der Waals surface area contributed by atoms with Gasteiger partial charge in [0.2, 0.25) is 0 Å². The molecular weight excluding hydrogens is 188 g/mol. The molecule has 2 aliphatic carbocycles. The van der Waals surface area contributed by atoms with E-state index in [9.17, 15) is 4.79 Å². The Hall–Kier alpha value is -0.530. The second-order valence-corrected chi connectivity index (χ2v) is 5.54. The van der Waals surface area contributed by atoms with E-state index in [1.807, 2.05) is 13.8 Å². The van der Waals surface area contributed by atoms with E-state index in [0.29, 0.717) is 5.92 Å². The molecule has 3 unspecified atom stereocenters. The van der Waals surface area contributed by atoms with Crippen LogP contribution in [-0.2, 0) is 9.53 Å². The van der Waals surface area contributed by atoms with Crippen molar-refractivity contribution in [2.45, 2.75) is 59.0 Å². The van der Waals surface area contributed by atoms with Crippen molar-refractivity contribution in [1.82, 2.24) is 0 Å². The molecule has 0 saturated heterocycles. The lowest BCUT2D eigenvalue weighted by Gasteiger charge is -2.35. The summed E-state index contributed by atoms with van der Waals surface area (Å²) in [5.74, 6) is 1.49. The molecular formula is C13H22O2. The summed E-state index contributed by atoms with van der Waals surface area (Å²) in [4.78, 5) is 12.2. The largest absolute Gasteiger partial charge is 0.463 e. The lowest BCUT2D eigenvalue weighted by Crippen LogP contribution is -2.38. The van der Waals surface area contributed by atoms with E-state index in [2.05, 4.69) is 6.92 Å². The number of fused-ring (bicyclic) bond motifs is 2. The molecule has 2 nitrogen and oxygen atoms in total. The molecule has 0 aromatic rings. The Bertz CT molecular complexity index is 259. The summed E-state index contributed by atoms with van der Waals surface area (Å²) in [7, 11) is 0. The van der Waals surface area contributed by atoms with Crippen LogP contribution >= 0.6 is 0 Å². The second-order valence-electron chi connectivity index (χ2n) is 5.54. The van der Waals surface area contributed by atoms with Crippen LogP contribution in [0.15, 0.2) is 0 Å². The molecule has 0 aromatic heterocycles. The molecule has 2 heteroatoms. The van der Waals surface area contributed by atoms with Gasteiger partial charge in [-0.2, -0.15) is 0 Å². The van der Waals surface area contributed by atoms with Gasteiger partial charge >= 0.3 is 5.97 Å². The van der Waals surface area contributed by atoms with Crippen molar-refractivity contribution in [3.63, 3.8) is 0 Å². The molecule has 86 valence electrons. The smallest absolute Gasteiger partial charge is 0.312 e. The van der Waals surface area contributed by atoms with Gasteiger partial charge in [0.15, 0.2) is 0 Å². The highest BCUT2D eigenvalue weighted by atomic mass is 16.5. The number of ether oxygens (including phenoxy) is 1. The third-order valence-electron chi connectivity index (χ3n) is 4.36. The van der Waals surface area contributed by atoms with Crippen LogP contribution in [0.1, 0.15) is 52.9 Å². The van der Waals surface area contributed by atoms with Gasteiger partial charge < -0.3 is 4.74 Å². The van der Waals surface area contributed by atoms with Crippen LogP contribution < -0.4 is 0 Å². The minimum Gasteiger partial charge on any atom is -0.463 e. The Kier molecular flexibility index (Phi) is 2.78. The molecule has 2 bridgehead atoms. The molecule has 2 fully saturated rings. The standard InChI is InChI=1S/C13H22O2/c1-4-13(12(14)15-9(2)3)8-10-5-6-11(13)7-10/h9-11H,4-8H2,1-3H3. The molecule has 2 aliphatic rings. The lowest BCUT2D eigenvalue weighted by molar-refractivity contribution is -0.164. The highest BCUT2D eigenvalue weighted by Crippen LogP contribution is 2.58. The summed E-state index contributed by atoms with van der Waals surface area (Å²) in [5.41, 5.74) is -0.118. The van der Waals surface area contributed by atoms with E-state index in [-0.39, 0.29) is 17.5 Å². The van der Waals surface area contributed by atoms with Crippen molar-refractivity contribution in [2.75, 3.05) is 0 Å². The van der Waals surface area contributed by atoms with Gasteiger partial charge in [0.05, 0.1) is 11.5 Å². The van der Waals surface area contributed by atoms with Crippen molar-refractivity contribution >= 4 is 5.97 Å². The average molecular weight is 210 g/mol. The average Bonchev–Trinajstić information content (AvgIpc) is 2.75. The van der Waals surface area contributed by atoms with Crippen molar-refractivity contribution in [2.24, 2.45) is 17.3 Å². The molecule has 0 N–H and O–H groups in total. The van der Waals surface area contributed by atoms with E-state index >= 15 is 0 Å². The zero-order chi connectivity index (χ0) is 11.1. The van der Waals surface area contributed by atoms with Gasteiger partial charge in [-0.1, -0.05) is 13.3 Å². The number of rotatable bonds is 3. The molecule has 0 amide bonds. The number of esters is 1. The molecule has 0 aromatic carbocycles. The Labute approximate surface area is 92.4 Å². The lowest BCUT2D eigenvalue weighted by atomic mass is 9.71. The fourth-order valence-corrected chi connectivity index (χ4v) is 3.60. The van der Waals surface area contributed by atoms with Crippen LogP contribution in [0.4, 0.5) is 0 Å². The van der Waals surface area contributed by atoms with Crippen molar-refractivity contribution in [3.05, 3.63) is 0 Å². The topological polar surface area (TPSA) is 26.3 Å². The molecule has 0 spiro atoms. The van der Waals surface area contributed by atoms with Crippen LogP contribution in [0.5, 0.6) is 0 Å². The Morgan fingerprint density at radius 3 is 2.60 bits per heavy atom. The number of carbonyl (C=O) groups is 1. The molecule has 3 atom stereocenters. The third-order valence-corrected chi connectivity index (χ3v) is 4.36. The van der Waals surface area contributed by atoms with E-state index in [1.54, 1.807) is 0 Å². The summed E-state index contributed by atoms with van der Waals surface area (Å²) in [6.45, 7) is 6.02. The highest BCUT2D eigenvalue weighted by Gasteiger charge is 2.55. The van der Waals surface area contributed by atoms with Crippen LogP contribution in [0, 0.1) is 17.3 Å². The first-order valence-electron chi connectivity index (χ1n) is 6.29. The molecule has 0 heterocycles. The van der Waals surface area contributed by atoms with Gasteiger partial charge in [-0.25, -0.2) is 0 Å². The normalized spacial score (nSPS) is 38.7. The minimum absolute atomic E-state index is 0.0278. The zero-order valence-electron chi connectivity index (χ0n) is 10.1. The summed E-state index contributed by atoms with van der Waals surface area (Å²) >= 11 is 0. The van der Waals surface area contributed by atoms with Gasteiger partial charge in [-0.3, -0.25) is 4.79 Å². The van der Waals surface area contributed by atoms with E-state index in [4.69, 9.17) is 4.74 Å². The first kappa shape index (κ1) is 11.0. The number of carbonyl (C=O) groups excluding carboxylic acids is 1. The first-order valence-corrected chi connectivity index (χ1v) is 6.29. The molecule has 2 rings (SSSR count). The maximum Gasteiger partial charge on any atom is 0.312 e. The second kappa shape index (κ2) is 3.80. The molecule has 0 radical (unpaired) electrons. The minimum atomic E-state index is -0.118. The Morgan fingerprint density at radius 1 is 1.47 bits per heavy atom. The van der Waals surface area contributed by atoms with Gasteiger partial charge in [0.1, 0.15) is 0 Å². The van der Waals surface area contributed by atoms with Crippen molar-refractivity contribution in [1.29, 1.82) is 0 Å². The van der Waals surface area contributed by atoms with Crippen LogP contribution in [0.3, 0.4) is 0 Å². The predicted molar refractivity (Wildman–Crippen MR) is 59.4 cm³/mol. The summed E-state index contributed by atoms with van der Waals surface area (Å²) < 4.78 is 5.44. The summed E-state index contributed by atoms with van der Waals surface area (Å²) in [6.07, 6.45) is 5.91. The van der Waals surface area contributed by atoms with Gasteiger partial charge in [-0.05, 0) is 51.4 Å². The van der Waals surface area contributed by atoms with E-state index in [1.165, 1.54) is 19.3 Å². The number of hydrogen-bond acceptors (Lipinski definition) is 2. The Morgan fingerprint density at radius 2 is 2.20 bits per heavy atom. The van der Waals surface area contributed by atoms with E-state index in [0.717, 1.165) is 18.8 Å². The third kappa shape index (κ3) is 1.68. The maximum absolute atomic E-state index is 12.2. The van der Waals surface area contributed by atoms with E-state index < -0.39 is 0 Å². The quantitative estimate of drug-likeness (QED) is 0.669. The monoisotopic (exact) mass is 210 g/mol. The van der Waals surface area contributed by atoms with Crippen molar-refractivity contribution < 1.29 is 9.53 Å².